The van der Waals surface area contributed by atoms with Crippen molar-refractivity contribution < 1.29 is 0 Å². The molecule has 186 valence electrons. The zero-order valence-corrected chi connectivity index (χ0v) is 22.4. The van der Waals surface area contributed by atoms with Gasteiger partial charge in [0.25, 0.3) is 0 Å². The fraction of sp³-hybridized carbons (Fsp3) is 0.419. The summed E-state index contributed by atoms with van der Waals surface area (Å²) in [5.74, 6) is 0.575. The molecule has 3 rings (SSSR count). The van der Waals surface area contributed by atoms with E-state index in [2.05, 4.69) is 117 Å². The van der Waals surface area contributed by atoms with E-state index in [9.17, 15) is 0 Å². The summed E-state index contributed by atoms with van der Waals surface area (Å²) in [6.07, 6.45) is 2.83. The molecule has 2 aromatic rings. The maximum Gasteiger partial charge on any atom is 0.0759 e. The molecular formula is C31H42N4. The van der Waals surface area contributed by atoms with Gasteiger partial charge in [0.2, 0.25) is 0 Å². The van der Waals surface area contributed by atoms with Crippen LogP contribution in [0, 0.1) is 11.3 Å². The molecule has 1 unspecified atom stereocenters. The molecule has 1 aliphatic rings. The summed E-state index contributed by atoms with van der Waals surface area (Å²) in [5.41, 5.74) is 9.04. The molecule has 0 bridgehead atoms. The van der Waals surface area contributed by atoms with Crippen LogP contribution >= 0.6 is 0 Å². The quantitative estimate of drug-likeness (QED) is 0.327. The minimum atomic E-state index is 0.0556. The lowest BCUT2D eigenvalue weighted by atomic mass is 9.86. The highest BCUT2D eigenvalue weighted by atomic mass is 15.2. The minimum Gasteiger partial charge on any atom is -0.385 e. The topological polar surface area (TPSA) is 48.8 Å². The molecule has 1 aliphatic heterocycles. The Morgan fingerprint density at radius 3 is 2.17 bits per heavy atom. The van der Waals surface area contributed by atoms with E-state index in [1.54, 1.807) is 0 Å². The minimum absolute atomic E-state index is 0.0556. The molecule has 0 amide bonds. The van der Waals surface area contributed by atoms with E-state index >= 15 is 0 Å². The van der Waals surface area contributed by atoms with Gasteiger partial charge in [-0.15, -0.1) is 6.58 Å². The fourth-order valence-corrected chi connectivity index (χ4v) is 4.08. The number of hydrogen-bond acceptors (Lipinski definition) is 4. The van der Waals surface area contributed by atoms with Gasteiger partial charge in [-0.25, -0.2) is 0 Å². The van der Waals surface area contributed by atoms with Crippen molar-refractivity contribution in [1.29, 1.82) is 0 Å². The summed E-state index contributed by atoms with van der Waals surface area (Å²) >= 11 is 0. The van der Waals surface area contributed by atoms with Gasteiger partial charge < -0.3 is 10.6 Å². The lowest BCUT2D eigenvalue weighted by molar-refractivity contribution is 0.531. The third-order valence-corrected chi connectivity index (χ3v) is 6.31. The Labute approximate surface area is 212 Å². The maximum absolute atomic E-state index is 4.47. The second kappa shape index (κ2) is 11.5. The van der Waals surface area contributed by atoms with Crippen LogP contribution in [0.5, 0.6) is 0 Å². The molecule has 0 aliphatic carbocycles. The molecule has 1 atom stereocenters. The number of nitrogens with one attached hydrogen (secondary N) is 2. The molecule has 0 saturated heterocycles. The van der Waals surface area contributed by atoms with Crippen LogP contribution in [0.4, 0.5) is 5.69 Å². The van der Waals surface area contributed by atoms with Crippen LogP contribution < -0.4 is 10.6 Å². The molecule has 0 radical (unpaired) electrons. The average Bonchev–Trinajstić information content (AvgIpc) is 3.30. The molecule has 2 N–H and O–H groups in total. The fourth-order valence-electron chi connectivity index (χ4n) is 4.08. The highest BCUT2D eigenvalue weighted by Gasteiger charge is 2.25. The summed E-state index contributed by atoms with van der Waals surface area (Å²) in [6.45, 7) is 22.2. The van der Waals surface area contributed by atoms with Crippen LogP contribution in [0.25, 0.3) is 5.70 Å². The van der Waals surface area contributed by atoms with Crippen molar-refractivity contribution in [3.8, 4) is 0 Å². The predicted octanol–water partition coefficient (Wildman–Crippen LogP) is 8.01. The smallest absolute Gasteiger partial charge is 0.0759 e. The Kier molecular flexibility index (Phi) is 8.71. The first-order valence-electron chi connectivity index (χ1n) is 12.7. The third kappa shape index (κ3) is 7.68. The van der Waals surface area contributed by atoms with E-state index in [0.29, 0.717) is 5.92 Å². The van der Waals surface area contributed by atoms with Gasteiger partial charge in [-0.3, -0.25) is 0 Å². The molecule has 0 saturated carbocycles. The Bertz CT molecular complexity index is 1080. The van der Waals surface area contributed by atoms with Gasteiger partial charge in [-0.1, -0.05) is 83.2 Å². The normalized spacial score (nSPS) is 14.4. The summed E-state index contributed by atoms with van der Waals surface area (Å²) in [6, 6.07) is 17.6. The zero-order chi connectivity index (χ0) is 25.6. The second-order valence-corrected chi connectivity index (χ2v) is 11.2. The molecule has 4 heteroatoms. The van der Waals surface area contributed by atoms with Crippen LogP contribution in [0.1, 0.15) is 83.5 Å². The van der Waals surface area contributed by atoms with Gasteiger partial charge in [-0.05, 0) is 54.5 Å². The maximum atomic E-state index is 4.47. The largest absolute Gasteiger partial charge is 0.385 e. The van der Waals surface area contributed by atoms with Gasteiger partial charge in [0.1, 0.15) is 0 Å². The number of rotatable bonds is 11. The Morgan fingerprint density at radius 2 is 1.63 bits per heavy atom. The molecule has 0 fully saturated rings. The SMILES string of the molecule is C=C(C)CCNC(=C)c1ccc(NC(CC(C)C)c2ccc(C3=NN=C(C(C)(C)C)C3)cc2)cc1. The van der Waals surface area contributed by atoms with Crippen LogP contribution in [0.2, 0.25) is 0 Å². The first-order chi connectivity index (χ1) is 16.5. The standard InChI is InChI=1S/C31H42N4/c1-21(2)17-18-32-23(5)24-13-15-27(16-14-24)33-28(19-22(3)4)25-9-11-26(12-10-25)29-20-30(35-34-29)31(6,7)8/h9-16,22,28,32-33H,1,5,17-20H2,2-4,6-8H3. The van der Waals surface area contributed by atoms with Gasteiger partial charge in [0, 0.05) is 29.8 Å². The first kappa shape index (κ1) is 26.5. The first-order valence-corrected chi connectivity index (χ1v) is 12.7. The van der Waals surface area contributed by atoms with Crippen LogP contribution in [0.3, 0.4) is 0 Å². The van der Waals surface area contributed by atoms with E-state index in [1.165, 1.54) is 11.1 Å². The third-order valence-electron chi connectivity index (χ3n) is 6.31. The number of nitrogens with zero attached hydrogens (tertiary/aromatic N) is 2. The van der Waals surface area contributed by atoms with Crippen molar-refractivity contribution in [3.63, 3.8) is 0 Å². The van der Waals surface area contributed by atoms with E-state index < -0.39 is 0 Å². The van der Waals surface area contributed by atoms with Crippen LogP contribution in [-0.4, -0.2) is 18.0 Å². The van der Waals surface area contributed by atoms with Crippen molar-refractivity contribution in [3.05, 3.63) is 84.0 Å². The second-order valence-electron chi connectivity index (χ2n) is 11.2. The molecule has 2 aromatic carbocycles. The average molecular weight is 471 g/mol. The molecule has 1 heterocycles. The molecule has 4 nitrogen and oxygen atoms in total. The lowest BCUT2D eigenvalue weighted by Crippen LogP contribution is -2.20. The van der Waals surface area contributed by atoms with E-state index in [1.807, 2.05) is 6.92 Å². The van der Waals surface area contributed by atoms with Gasteiger partial charge in [0.15, 0.2) is 0 Å². The Hall–Kier alpha value is -3.14. The van der Waals surface area contributed by atoms with Crippen molar-refractivity contribution in [2.75, 3.05) is 11.9 Å². The predicted molar refractivity (Wildman–Crippen MR) is 153 cm³/mol. The van der Waals surface area contributed by atoms with Crippen molar-refractivity contribution in [2.45, 2.75) is 66.8 Å². The molecule has 35 heavy (non-hydrogen) atoms. The highest BCUT2D eigenvalue weighted by molar-refractivity contribution is 6.16. The van der Waals surface area contributed by atoms with Gasteiger partial charge in [-0.2, -0.15) is 10.2 Å². The van der Waals surface area contributed by atoms with Crippen molar-refractivity contribution >= 4 is 22.8 Å². The van der Waals surface area contributed by atoms with E-state index in [-0.39, 0.29) is 11.5 Å². The Morgan fingerprint density at radius 1 is 0.971 bits per heavy atom. The van der Waals surface area contributed by atoms with Gasteiger partial charge in [0.05, 0.1) is 17.5 Å². The Balaban J connectivity index is 1.66. The van der Waals surface area contributed by atoms with Gasteiger partial charge >= 0.3 is 0 Å². The van der Waals surface area contributed by atoms with Crippen molar-refractivity contribution in [1.82, 2.24) is 5.32 Å². The molecule has 0 aromatic heterocycles. The summed E-state index contributed by atoms with van der Waals surface area (Å²) in [4.78, 5) is 0. The number of hydrogen-bond donors (Lipinski definition) is 2. The summed E-state index contributed by atoms with van der Waals surface area (Å²) < 4.78 is 0. The summed E-state index contributed by atoms with van der Waals surface area (Å²) in [5, 5.41) is 16.0. The van der Waals surface area contributed by atoms with E-state index in [4.69, 9.17) is 0 Å². The monoisotopic (exact) mass is 470 g/mol. The van der Waals surface area contributed by atoms with Crippen LogP contribution in [0.15, 0.2) is 77.5 Å². The van der Waals surface area contributed by atoms with Crippen LogP contribution in [-0.2, 0) is 0 Å². The molecule has 0 spiro atoms. The highest BCUT2D eigenvalue weighted by Crippen LogP contribution is 2.29. The number of anilines is 1. The zero-order valence-electron chi connectivity index (χ0n) is 22.4. The number of benzene rings is 2. The van der Waals surface area contributed by atoms with E-state index in [0.717, 1.165) is 59.7 Å². The lowest BCUT2D eigenvalue weighted by Gasteiger charge is -2.23. The summed E-state index contributed by atoms with van der Waals surface area (Å²) in [7, 11) is 0. The molecular weight excluding hydrogens is 428 g/mol. The van der Waals surface area contributed by atoms with Crippen molar-refractivity contribution in [2.24, 2.45) is 21.5 Å².